The summed E-state index contributed by atoms with van der Waals surface area (Å²) >= 11 is 0. The molecule has 1 atom stereocenters. The van der Waals surface area contributed by atoms with Crippen LogP contribution in [0.3, 0.4) is 0 Å². The van der Waals surface area contributed by atoms with E-state index < -0.39 is 45.0 Å². The molecule has 1 aliphatic heterocycles. The maximum Gasteiger partial charge on any atom is 0.266 e. The van der Waals surface area contributed by atoms with E-state index >= 15 is 0 Å². The van der Waals surface area contributed by atoms with Gasteiger partial charge in [0.25, 0.3) is 5.91 Å². The number of amides is 1. The lowest BCUT2D eigenvalue weighted by molar-refractivity contribution is -0.147. The first-order valence-corrected chi connectivity index (χ1v) is 11.1. The molecule has 1 unspecified atom stereocenters. The summed E-state index contributed by atoms with van der Waals surface area (Å²) in [5.74, 6) is -3.20. The third-order valence-corrected chi connectivity index (χ3v) is 7.05. The highest BCUT2D eigenvalue weighted by molar-refractivity contribution is 7.89. The fourth-order valence-corrected chi connectivity index (χ4v) is 5.15. The molecule has 6 nitrogen and oxygen atoms in total. The molecule has 2 aromatic rings. The van der Waals surface area contributed by atoms with E-state index in [9.17, 15) is 26.4 Å². The van der Waals surface area contributed by atoms with Gasteiger partial charge in [0.2, 0.25) is 10.0 Å². The molecule has 0 N–H and O–H groups in total. The van der Waals surface area contributed by atoms with Crippen LogP contribution in [0.1, 0.15) is 20.8 Å². The molecule has 0 spiro atoms. The van der Waals surface area contributed by atoms with E-state index in [4.69, 9.17) is 4.74 Å². The summed E-state index contributed by atoms with van der Waals surface area (Å²) in [6.07, 6.45) is 0. The highest BCUT2D eigenvalue weighted by atomic mass is 32.2. The van der Waals surface area contributed by atoms with Gasteiger partial charge in [0.1, 0.15) is 11.6 Å². The van der Waals surface area contributed by atoms with Gasteiger partial charge in [0.05, 0.1) is 4.90 Å². The molecular weight excluding hydrogens is 433 g/mol. The van der Waals surface area contributed by atoms with Crippen LogP contribution in [0.5, 0.6) is 5.75 Å². The Kier molecular flexibility index (Phi) is 6.33. The Bertz CT molecular complexity index is 1090. The van der Waals surface area contributed by atoms with Gasteiger partial charge in [0, 0.05) is 31.7 Å². The third-order valence-electron chi connectivity index (χ3n) is 5.04. The van der Waals surface area contributed by atoms with Gasteiger partial charge >= 0.3 is 0 Å². The SMILES string of the molecule is CC1CN(C(=O)C(C)(C)Oc2ccc(F)c(F)c2)CCN1S(=O)(=O)c1cccc(F)c1. The van der Waals surface area contributed by atoms with Gasteiger partial charge in [-0.05, 0) is 51.1 Å². The van der Waals surface area contributed by atoms with Crippen LogP contribution in [0.15, 0.2) is 47.4 Å². The van der Waals surface area contributed by atoms with Crippen molar-refractivity contribution in [3.8, 4) is 5.75 Å². The van der Waals surface area contributed by atoms with E-state index in [2.05, 4.69) is 0 Å². The molecule has 1 aliphatic rings. The van der Waals surface area contributed by atoms with Gasteiger partial charge < -0.3 is 9.64 Å². The molecule has 10 heteroatoms. The van der Waals surface area contributed by atoms with Gasteiger partial charge in [-0.1, -0.05) is 6.07 Å². The van der Waals surface area contributed by atoms with Crippen molar-refractivity contribution in [1.82, 2.24) is 9.21 Å². The van der Waals surface area contributed by atoms with Crippen molar-refractivity contribution in [1.29, 1.82) is 0 Å². The lowest BCUT2D eigenvalue weighted by Crippen LogP contribution is -2.59. The molecule has 1 saturated heterocycles. The van der Waals surface area contributed by atoms with Crippen molar-refractivity contribution in [3.05, 3.63) is 59.9 Å². The molecule has 3 rings (SSSR count). The van der Waals surface area contributed by atoms with Crippen molar-refractivity contribution >= 4 is 15.9 Å². The normalized spacial score (nSPS) is 18.1. The van der Waals surface area contributed by atoms with Crippen molar-refractivity contribution < 1.29 is 31.1 Å². The van der Waals surface area contributed by atoms with Crippen molar-refractivity contribution in [3.63, 3.8) is 0 Å². The lowest BCUT2D eigenvalue weighted by Gasteiger charge is -2.41. The number of sulfonamides is 1. The predicted octanol–water partition coefficient (Wildman–Crippen LogP) is 3.18. The average molecular weight is 456 g/mol. The Hall–Kier alpha value is -2.59. The standard InChI is InChI=1S/C21H23F3N2O4S/c1-14-13-25(9-10-26(14)31(28,29)17-6-4-5-15(22)11-17)20(27)21(2,3)30-16-7-8-18(23)19(24)12-16/h4-8,11-12,14H,9-10,13H2,1-3H3. The Morgan fingerprint density at radius 1 is 1.06 bits per heavy atom. The van der Waals surface area contributed by atoms with E-state index in [1.165, 1.54) is 41.3 Å². The summed E-state index contributed by atoms with van der Waals surface area (Å²) in [5, 5.41) is 0. The minimum Gasteiger partial charge on any atom is -0.478 e. The number of piperazine rings is 1. The first kappa shape index (κ1) is 23.1. The highest BCUT2D eigenvalue weighted by Gasteiger charge is 2.40. The third kappa shape index (κ3) is 4.85. The quantitative estimate of drug-likeness (QED) is 0.693. The molecule has 31 heavy (non-hydrogen) atoms. The molecular formula is C21H23F3N2O4S. The zero-order chi connectivity index (χ0) is 23.0. The second kappa shape index (κ2) is 8.51. The Morgan fingerprint density at radius 2 is 1.77 bits per heavy atom. The summed E-state index contributed by atoms with van der Waals surface area (Å²) < 4.78 is 72.7. The molecule has 1 amide bonds. The Labute approximate surface area is 179 Å². The van der Waals surface area contributed by atoms with E-state index in [0.29, 0.717) is 0 Å². The summed E-state index contributed by atoms with van der Waals surface area (Å²) in [5.41, 5.74) is -1.40. The van der Waals surface area contributed by atoms with Crippen LogP contribution in [0.4, 0.5) is 13.2 Å². The monoisotopic (exact) mass is 456 g/mol. The van der Waals surface area contributed by atoms with E-state index in [-0.39, 0.29) is 30.3 Å². The molecule has 0 aliphatic carbocycles. The Balaban J connectivity index is 1.72. The van der Waals surface area contributed by atoms with Gasteiger partial charge in [-0.15, -0.1) is 0 Å². The summed E-state index contributed by atoms with van der Waals surface area (Å²) in [6, 6.07) is 7.18. The maximum absolute atomic E-state index is 13.5. The fraction of sp³-hybridized carbons (Fsp3) is 0.381. The topological polar surface area (TPSA) is 66.9 Å². The molecule has 168 valence electrons. The molecule has 2 aromatic carbocycles. The summed E-state index contributed by atoms with van der Waals surface area (Å²) in [7, 11) is -3.93. The fourth-order valence-electron chi connectivity index (χ4n) is 3.50. The number of halogens is 3. The van der Waals surface area contributed by atoms with E-state index in [1.54, 1.807) is 6.92 Å². The lowest BCUT2D eigenvalue weighted by atomic mass is 10.1. The second-order valence-corrected chi connectivity index (χ2v) is 9.75. The maximum atomic E-state index is 13.5. The molecule has 0 radical (unpaired) electrons. The van der Waals surface area contributed by atoms with Gasteiger partial charge in [-0.2, -0.15) is 4.31 Å². The van der Waals surface area contributed by atoms with Crippen LogP contribution in [0.25, 0.3) is 0 Å². The molecule has 1 heterocycles. The zero-order valence-corrected chi connectivity index (χ0v) is 18.1. The van der Waals surface area contributed by atoms with E-state index in [1.807, 2.05) is 0 Å². The summed E-state index contributed by atoms with van der Waals surface area (Å²) in [4.78, 5) is 14.3. The number of ether oxygens (including phenoxy) is 1. The number of nitrogens with zero attached hydrogens (tertiary/aromatic N) is 2. The predicted molar refractivity (Wildman–Crippen MR) is 107 cm³/mol. The average Bonchev–Trinajstić information content (AvgIpc) is 2.69. The van der Waals surface area contributed by atoms with Gasteiger partial charge in [0.15, 0.2) is 17.2 Å². The Morgan fingerprint density at radius 3 is 2.39 bits per heavy atom. The minimum atomic E-state index is -3.93. The van der Waals surface area contributed by atoms with Crippen LogP contribution in [-0.2, 0) is 14.8 Å². The van der Waals surface area contributed by atoms with Crippen LogP contribution in [0, 0.1) is 17.5 Å². The number of rotatable bonds is 5. The molecule has 0 aromatic heterocycles. The van der Waals surface area contributed by atoms with Crippen molar-refractivity contribution in [2.24, 2.45) is 0 Å². The van der Waals surface area contributed by atoms with Crippen molar-refractivity contribution in [2.75, 3.05) is 19.6 Å². The van der Waals surface area contributed by atoms with Gasteiger partial charge in [-0.25, -0.2) is 21.6 Å². The summed E-state index contributed by atoms with van der Waals surface area (Å²) in [6.45, 7) is 4.86. The van der Waals surface area contributed by atoms with Crippen LogP contribution < -0.4 is 4.74 Å². The smallest absolute Gasteiger partial charge is 0.266 e. The number of carbonyl (C=O) groups excluding carboxylic acids is 1. The van der Waals surface area contributed by atoms with Crippen LogP contribution in [-0.4, -0.2) is 54.8 Å². The molecule has 1 fully saturated rings. The first-order valence-electron chi connectivity index (χ1n) is 9.62. The van der Waals surface area contributed by atoms with Crippen LogP contribution >= 0.6 is 0 Å². The van der Waals surface area contributed by atoms with E-state index in [0.717, 1.165) is 24.3 Å². The number of hydrogen-bond acceptors (Lipinski definition) is 4. The number of carbonyl (C=O) groups is 1. The molecule has 0 saturated carbocycles. The minimum absolute atomic E-state index is 0.00221. The number of benzene rings is 2. The second-order valence-electron chi connectivity index (χ2n) is 7.86. The van der Waals surface area contributed by atoms with Crippen LogP contribution in [0.2, 0.25) is 0 Å². The molecule has 0 bridgehead atoms. The van der Waals surface area contributed by atoms with Crippen molar-refractivity contribution in [2.45, 2.75) is 37.3 Å². The van der Waals surface area contributed by atoms with Gasteiger partial charge in [-0.3, -0.25) is 4.79 Å². The first-order chi connectivity index (χ1) is 14.4. The highest BCUT2D eigenvalue weighted by Crippen LogP contribution is 2.26. The number of hydrogen-bond donors (Lipinski definition) is 0. The zero-order valence-electron chi connectivity index (χ0n) is 17.3. The largest absolute Gasteiger partial charge is 0.478 e.